The maximum atomic E-state index is 11.6. The van der Waals surface area contributed by atoms with E-state index in [2.05, 4.69) is 15.3 Å². The van der Waals surface area contributed by atoms with Crippen LogP contribution in [0.15, 0.2) is 34.4 Å². The Bertz CT molecular complexity index is 692. The normalized spacial score (nSPS) is 12.3. The van der Waals surface area contributed by atoms with E-state index in [0.29, 0.717) is 16.7 Å². The number of fused-ring (bicyclic) bond motifs is 1. The summed E-state index contributed by atoms with van der Waals surface area (Å²) in [5, 5.41) is 11.6. The van der Waals surface area contributed by atoms with Crippen LogP contribution in [0, 0.1) is 0 Å². The minimum absolute atomic E-state index is 0.247. The SMILES string of the molecule is C/C(O)=C(\N)C(=O)Nc1ccc2[nH]c(=O)[nH]c2c1. The molecule has 0 spiro atoms. The maximum absolute atomic E-state index is 11.6. The summed E-state index contributed by atoms with van der Waals surface area (Å²) in [5.74, 6) is -0.851. The van der Waals surface area contributed by atoms with Crippen LogP contribution < -0.4 is 16.7 Å². The summed E-state index contributed by atoms with van der Waals surface area (Å²) in [7, 11) is 0. The molecule has 0 aliphatic carbocycles. The Morgan fingerprint density at radius 3 is 2.67 bits per heavy atom. The number of aliphatic hydroxyl groups is 1. The molecule has 0 atom stereocenters. The topological polar surface area (TPSA) is 124 Å². The van der Waals surface area contributed by atoms with Gasteiger partial charge in [-0.2, -0.15) is 0 Å². The Morgan fingerprint density at radius 1 is 1.33 bits per heavy atom. The van der Waals surface area contributed by atoms with Gasteiger partial charge in [-0.3, -0.25) is 4.79 Å². The van der Waals surface area contributed by atoms with E-state index in [0.717, 1.165) is 0 Å². The number of nitrogens with two attached hydrogens (primary N) is 1. The average molecular weight is 248 g/mol. The van der Waals surface area contributed by atoms with Gasteiger partial charge in [0.05, 0.1) is 11.0 Å². The van der Waals surface area contributed by atoms with Gasteiger partial charge in [0.25, 0.3) is 5.91 Å². The number of aromatic amines is 2. The fourth-order valence-corrected chi connectivity index (χ4v) is 1.47. The maximum Gasteiger partial charge on any atom is 0.323 e. The van der Waals surface area contributed by atoms with Crippen LogP contribution in [0.5, 0.6) is 0 Å². The molecule has 0 saturated heterocycles. The summed E-state index contributed by atoms with van der Waals surface area (Å²) in [6.07, 6.45) is 0. The lowest BCUT2D eigenvalue weighted by Crippen LogP contribution is -2.21. The van der Waals surface area contributed by atoms with Crippen molar-refractivity contribution < 1.29 is 9.90 Å². The van der Waals surface area contributed by atoms with Crippen molar-refractivity contribution in [3.63, 3.8) is 0 Å². The van der Waals surface area contributed by atoms with E-state index in [1.807, 2.05) is 0 Å². The molecule has 2 aromatic rings. The van der Waals surface area contributed by atoms with Gasteiger partial charge in [0.2, 0.25) is 0 Å². The first-order chi connectivity index (χ1) is 8.47. The number of aliphatic hydroxyl groups excluding tert-OH is 1. The zero-order chi connectivity index (χ0) is 13.3. The second-order valence-electron chi connectivity index (χ2n) is 3.79. The summed E-state index contributed by atoms with van der Waals surface area (Å²) in [5.41, 5.74) is 6.48. The van der Waals surface area contributed by atoms with Gasteiger partial charge in [-0.05, 0) is 25.1 Å². The van der Waals surface area contributed by atoms with Crippen molar-refractivity contribution in [3.05, 3.63) is 40.1 Å². The summed E-state index contributed by atoms with van der Waals surface area (Å²) >= 11 is 0. The highest BCUT2D eigenvalue weighted by Gasteiger charge is 2.09. The van der Waals surface area contributed by atoms with Gasteiger partial charge < -0.3 is 26.1 Å². The standard InChI is InChI=1S/C11H12N4O3/c1-5(16)9(12)10(17)13-6-2-3-7-8(4-6)15-11(18)14-7/h2-4,16H,12H2,1H3,(H,13,17)(H2,14,15,18)/b9-5+. The predicted octanol–water partition coefficient (Wildman–Crippen LogP) is 0.543. The van der Waals surface area contributed by atoms with Gasteiger partial charge in [0.1, 0.15) is 11.5 Å². The van der Waals surface area contributed by atoms with E-state index in [-0.39, 0.29) is 17.1 Å². The molecule has 0 radical (unpaired) electrons. The summed E-state index contributed by atoms with van der Waals surface area (Å²) < 4.78 is 0. The van der Waals surface area contributed by atoms with Crippen molar-refractivity contribution in [2.24, 2.45) is 5.73 Å². The highest BCUT2D eigenvalue weighted by molar-refractivity contribution is 6.03. The molecule has 1 heterocycles. The first-order valence-corrected chi connectivity index (χ1v) is 5.16. The molecule has 0 aliphatic rings. The van der Waals surface area contributed by atoms with Crippen molar-refractivity contribution in [2.75, 3.05) is 5.32 Å². The summed E-state index contributed by atoms with van der Waals surface area (Å²) in [6.45, 7) is 1.32. The van der Waals surface area contributed by atoms with Crippen LogP contribution >= 0.6 is 0 Å². The number of H-pyrrole nitrogens is 2. The number of anilines is 1. The fraction of sp³-hybridized carbons (Fsp3) is 0.0909. The van der Waals surface area contributed by atoms with E-state index in [1.165, 1.54) is 6.92 Å². The molecule has 7 nitrogen and oxygen atoms in total. The van der Waals surface area contributed by atoms with Crippen LogP contribution in [0.25, 0.3) is 11.0 Å². The molecule has 7 heteroatoms. The molecule has 94 valence electrons. The van der Waals surface area contributed by atoms with Gasteiger partial charge in [-0.25, -0.2) is 4.79 Å². The molecule has 1 aromatic heterocycles. The second-order valence-corrected chi connectivity index (χ2v) is 3.79. The molecule has 1 aromatic carbocycles. The highest BCUT2D eigenvalue weighted by atomic mass is 16.3. The third-order valence-corrected chi connectivity index (χ3v) is 2.41. The van der Waals surface area contributed by atoms with Crippen molar-refractivity contribution >= 4 is 22.6 Å². The van der Waals surface area contributed by atoms with E-state index in [1.54, 1.807) is 18.2 Å². The Balaban J connectivity index is 2.30. The lowest BCUT2D eigenvalue weighted by Gasteiger charge is -2.05. The molecule has 18 heavy (non-hydrogen) atoms. The summed E-state index contributed by atoms with van der Waals surface area (Å²) in [6, 6.07) is 4.85. The number of carbonyl (C=O) groups is 1. The number of rotatable bonds is 2. The molecule has 0 bridgehead atoms. The third kappa shape index (κ3) is 2.19. The zero-order valence-corrected chi connectivity index (χ0v) is 9.57. The van der Waals surface area contributed by atoms with Crippen LogP contribution in [0.4, 0.5) is 5.69 Å². The molecular formula is C11H12N4O3. The molecular weight excluding hydrogens is 236 g/mol. The van der Waals surface area contributed by atoms with Gasteiger partial charge in [-0.1, -0.05) is 0 Å². The number of hydrogen-bond acceptors (Lipinski definition) is 4. The van der Waals surface area contributed by atoms with Crippen LogP contribution in [0.1, 0.15) is 6.92 Å². The number of imidazole rings is 1. The molecule has 0 aliphatic heterocycles. The number of hydrogen-bond donors (Lipinski definition) is 5. The van der Waals surface area contributed by atoms with E-state index in [9.17, 15) is 9.59 Å². The van der Waals surface area contributed by atoms with Crippen LogP contribution in [0.2, 0.25) is 0 Å². The number of benzene rings is 1. The number of carbonyl (C=O) groups excluding carboxylic acids is 1. The van der Waals surface area contributed by atoms with E-state index in [4.69, 9.17) is 10.8 Å². The molecule has 2 rings (SSSR count). The first kappa shape index (κ1) is 11.8. The first-order valence-electron chi connectivity index (χ1n) is 5.16. The van der Waals surface area contributed by atoms with Crippen LogP contribution in [0.3, 0.4) is 0 Å². The smallest absolute Gasteiger partial charge is 0.323 e. The van der Waals surface area contributed by atoms with Gasteiger partial charge in [-0.15, -0.1) is 0 Å². The number of amides is 1. The quantitative estimate of drug-likeness (QED) is 0.393. The molecule has 1 amide bonds. The second kappa shape index (κ2) is 4.28. The lowest BCUT2D eigenvalue weighted by molar-refractivity contribution is -0.113. The largest absolute Gasteiger partial charge is 0.510 e. The van der Waals surface area contributed by atoms with Crippen molar-refractivity contribution in [1.82, 2.24) is 9.97 Å². The van der Waals surface area contributed by atoms with Crippen molar-refractivity contribution in [2.45, 2.75) is 6.92 Å². The van der Waals surface area contributed by atoms with Crippen molar-refractivity contribution in [1.29, 1.82) is 0 Å². The monoisotopic (exact) mass is 248 g/mol. The third-order valence-electron chi connectivity index (χ3n) is 2.41. The Labute approximate surface area is 101 Å². The average Bonchev–Trinajstić information content (AvgIpc) is 2.67. The Kier molecular flexibility index (Phi) is 2.80. The Morgan fingerprint density at radius 2 is 2.00 bits per heavy atom. The summed E-state index contributed by atoms with van der Waals surface area (Å²) in [4.78, 5) is 27.8. The fourth-order valence-electron chi connectivity index (χ4n) is 1.47. The predicted molar refractivity (Wildman–Crippen MR) is 67.1 cm³/mol. The van der Waals surface area contributed by atoms with E-state index < -0.39 is 5.91 Å². The lowest BCUT2D eigenvalue weighted by atomic mass is 10.2. The van der Waals surface area contributed by atoms with E-state index >= 15 is 0 Å². The highest BCUT2D eigenvalue weighted by Crippen LogP contribution is 2.15. The zero-order valence-electron chi connectivity index (χ0n) is 9.57. The molecule has 0 unspecified atom stereocenters. The van der Waals surface area contributed by atoms with Crippen LogP contribution in [-0.2, 0) is 4.79 Å². The minimum Gasteiger partial charge on any atom is -0.510 e. The number of aromatic nitrogens is 2. The minimum atomic E-state index is -0.604. The Hall–Kier alpha value is -2.70. The molecule has 0 fully saturated rings. The number of nitrogens with one attached hydrogen (secondary N) is 3. The van der Waals surface area contributed by atoms with Crippen molar-refractivity contribution in [3.8, 4) is 0 Å². The molecule has 0 saturated carbocycles. The number of allylic oxidation sites excluding steroid dienone is 1. The van der Waals surface area contributed by atoms with Gasteiger partial charge in [0, 0.05) is 5.69 Å². The van der Waals surface area contributed by atoms with Gasteiger partial charge in [0.15, 0.2) is 0 Å². The van der Waals surface area contributed by atoms with Gasteiger partial charge >= 0.3 is 5.69 Å². The molecule has 6 N–H and O–H groups in total. The van der Waals surface area contributed by atoms with Crippen LogP contribution in [-0.4, -0.2) is 21.0 Å².